The maximum absolute atomic E-state index is 12.1. The number of carbonyl (C=O) groups excluding carboxylic acids is 2. The van der Waals surface area contributed by atoms with Gasteiger partial charge in [0.15, 0.2) is 11.2 Å². The highest BCUT2D eigenvalue weighted by Crippen LogP contribution is 2.31. The lowest BCUT2D eigenvalue weighted by atomic mass is 10.2. The molecule has 2 rings (SSSR count). The molecule has 0 saturated carbocycles. The predicted molar refractivity (Wildman–Crippen MR) is 99.2 cm³/mol. The number of hydrogen-bond donors (Lipinski definition) is 0. The molecule has 1 fully saturated rings. The van der Waals surface area contributed by atoms with Crippen LogP contribution < -0.4 is 4.90 Å². The minimum atomic E-state index is -0.640. The first-order valence-electron chi connectivity index (χ1n) is 8.86. The van der Waals surface area contributed by atoms with Gasteiger partial charge >= 0.3 is 11.9 Å². The van der Waals surface area contributed by atoms with Gasteiger partial charge in [0.2, 0.25) is 0 Å². The van der Waals surface area contributed by atoms with Gasteiger partial charge in [-0.05, 0) is 47.0 Å². The Balaban J connectivity index is 1.94. The van der Waals surface area contributed by atoms with Crippen LogP contribution in [0.2, 0.25) is 0 Å². The topological polar surface area (TPSA) is 78.0 Å². The number of rotatable bonds is 7. The number of methoxy groups -OCH3 is 1. The van der Waals surface area contributed by atoms with Crippen molar-refractivity contribution >= 4 is 28.4 Å². The van der Waals surface area contributed by atoms with E-state index in [9.17, 15) is 9.59 Å². The standard InChI is InChI=1S/C18H28N2O5S/c1-12(16(22)25-18(2,3)4)24-14-7-6-10-20(14)17-19-11-13(26-17)8-9-15(21)23-5/h11-12,14H,6-10H2,1-5H3/t12?,14-/m0/s1. The summed E-state index contributed by atoms with van der Waals surface area (Å²) < 4.78 is 16.0. The molecule has 0 aromatic carbocycles. The Morgan fingerprint density at radius 3 is 2.81 bits per heavy atom. The molecular formula is C18H28N2O5S. The maximum Gasteiger partial charge on any atom is 0.335 e. The van der Waals surface area contributed by atoms with E-state index >= 15 is 0 Å². The molecule has 1 aliphatic heterocycles. The average Bonchev–Trinajstić information content (AvgIpc) is 3.19. The molecular weight excluding hydrogens is 356 g/mol. The minimum absolute atomic E-state index is 0.197. The van der Waals surface area contributed by atoms with E-state index in [0.29, 0.717) is 12.8 Å². The molecule has 1 unspecified atom stereocenters. The Morgan fingerprint density at radius 1 is 1.42 bits per heavy atom. The summed E-state index contributed by atoms with van der Waals surface area (Å²) in [5.41, 5.74) is -0.534. The SMILES string of the molecule is COC(=O)CCc1cnc(N2CCC[C@@H]2OC(C)C(=O)OC(C)(C)C)s1. The molecule has 8 heteroatoms. The molecule has 0 N–H and O–H groups in total. The highest BCUT2D eigenvalue weighted by molar-refractivity contribution is 7.15. The molecule has 26 heavy (non-hydrogen) atoms. The quantitative estimate of drug-likeness (QED) is 0.669. The summed E-state index contributed by atoms with van der Waals surface area (Å²) >= 11 is 1.54. The van der Waals surface area contributed by atoms with Crippen LogP contribution in [0.5, 0.6) is 0 Å². The number of thiazole rings is 1. The van der Waals surface area contributed by atoms with Crippen molar-refractivity contribution in [1.29, 1.82) is 0 Å². The Kier molecular flexibility index (Phi) is 7.00. The summed E-state index contributed by atoms with van der Waals surface area (Å²) in [4.78, 5) is 31.0. The largest absolute Gasteiger partial charge is 0.469 e. The lowest BCUT2D eigenvalue weighted by molar-refractivity contribution is -0.170. The number of aromatic nitrogens is 1. The first-order valence-corrected chi connectivity index (χ1v) is 9.67. The second kappa shape index (κ2) is 8.81. The van der Waals surface area contributed by atoms with Crippen LogP contribution >= 0.6 is 11.3 Å². The smallest absolute Gasteiger partial charge is 0.335 e. The Labute approximate surface area is 158 Å². The molecule has 7 nitrogen and oxygen atoms in total. The molecule has 146 valence electrons. The third-order valence-electron chi connectivity index (χ3n) is 3.89. The van der Waals surface area contributed by atoms with Crippen molar-refractivity contribution in [3.05, 3.63) is 11.1 Å². The summed E-state index contributed by atoms with van der Waals surface area (Å²) in [5.74, 6) is -0.587. The molecule has 1 saturated heterocycles. The van der Waals surface area contributed by atoms with Gasteiger partial charge in [-0.2, -0.15) is 0 Å². The number of nitrogens with zero attached hydrogens (tertiary/aromatic N) is 2. The van der Waals surface area contributed by atoms with E-state index < -0.39 is 11.7 Å². The highest BCUT2D eigenvalue weighted by atomic mass is 32.1. The van der Waals surface area contributed by atoms with E-state index in [-0.39, 0.29) is 18.2 Å². The van der Waals surface area contributed by atoms with Gasteiger partial charge in [0.25, 0.3) is 0 Å². The summed E-state index contributed by atoms with van der Waals surface area (Å²) in [7, 11) is 1.39. The van der Waals surface area contributed by atoms with Crippen molar-refractivity contribution in [2.24, 2.45) is 0 Å². The molecule has 0 amide bonds. The summed E-state index contributed by atoms with van der Waals surface area (Å²) in [5, 5.41) is 0.851. The Hall–Kier alpha value is -1.67. The fourth-order valence-corrected chi connectivity index (χ4v) is 3.62. The summed E-state index contributed by atoms with van der Waals surface area (Å²) in [6.07, 6.45) is 3.71. The number of hydrogen-bond acceptors (Lipinski definition) is 8. The molecule has 1 aromatic rings. The second-order valence-electron chi connectivity index (χ2n) is 7.29. The van der Waals surface area contributed by atoms with Crippen molar-refractivity contribution in [2.75, 3.05) is 18.6 Å². The fourth-order valence-electron chi connectivity index (χ4n) is 2.65. The Morgan fingerprint density at radius 2 is 2.15 bits per heavy atom. The lowest BCUT2D eigenvalue weighted by Gasteiger charge is -2.28. The Bertz CT molecular complexity index is 625. The number of carbonyl (C=O) groups is 2. The molecule has 0 aliphatic carbocycles. The van der Waals surface area contributed by atoms with E-state index in [4.69, 9.17) is 9.47 Å². The van der Waals surface area contributed by atoms with Crippen molar-refractivity contribution < 1.29 is 23.8 Å². The molecule has 0 spiro atoms. The van der Waals surface area contributed by atoms with Crippen molar-refractivity contribution in [1.82, 2.24) is 4.98 Å². The number of ether oxygens (including phenoxy) is 3. The second-order valence-corrected chi connectivity index (χ2v) is 8.38. The van der Waals surface area contributed by atoms with Crippen LogP contribution in [0, 0.1) is 0 Å². The molecule has 2 atom stereocenters. The van der Waals surface area contributed by atoms with Gasteiger partial charge in [0.1, 0.15) is 11.8 Å². The zero-order valence-corrected chi connectivity index (χ0v) is 16.9. The van der Waals surface area contributed by atoms with E-state index in [1.165, 1.54) is 7.11 Å². The van der Waals surface area contributed by atoms with Crippen molar-refractivity contribution in [3.8, 4) is 0 Å². The lowest BCUT2D eigenvalue weighted by Crippen LogP contribution is -2.39. The normalized spacial score (nSPS) is 18.7. The van der Waals surface area contributed by atoms with Crippen molar-refractivity contribution in [2.45, 2.75) is 71.3 Å². The molecule has 0 bridgehead atoms. The third-order valence-corrected chi connectivity index (χ3v) is 4.98. The van der Waals surface area contributed by atoms with Crippen LogP contribution in [0.25, 0.3) is 0 Å². The summed E-state index contributed by atoms with van der Waals surface area (Å²) in [6.45, 7) is 8.06. The zero-order valence-electron chi connectivity index (χ0n) is 16.1. The molecule has 1 aromatic heterocycles. The number of esters is 2. The molecule has 1 aliphatic rings. The maximum atomic E-state index is 12.1. The average molecular weight is 384 g/mol. The van der Waals surface area contributed by atoms with E-state index in [2.05, 4.69) is 14.6 Å². The van der Waals surface area contributed by atoms with Gasteiger partial charge in [0.05, 0.1) is 13.5 Å². The third kappa shape index (κ3) is 5.95. The predicted octanol–water partition coefficient (Wildman–Crippen LogP) is 2.92. The first-order chi connectivity index (χ1) is 12.2. The van der Waals surface area contributed by atoms with Crippen LogP contribution in [-0.4, -0.2) is 48.5 Å². The van der Waals surface area contributed by atoms with Crippen molar-refractivity contribution in [3.63, 3.8) is 0 Å². The molecule has 0 radical (unpaired) electrons. The van der Waals surface area contributed by atoms with Gasteiger partial charge in [-0.3, -0.25) is 4.79 Å². The van der Waals surface area contributed by atoms with Crippen LogP contribution in [0.4, 0.5) is 5.13 Å². The first kappa shape index (κ1) is 20.6. The van der Waals surface area contributed by atoms with Crippen LogP contribution in [0.15, 0.2) is 6.20 Å². The monoisotopic (exact) mass is 384 g/mol. The van der Waals surface area contributed by atoms with Crippen LogP contribution in [-0.2, 0) is 30.2 Å². The number of aryl methyl sites for hydroxylation is 1. The van der Waals surface area contributed by atoms with Gasteiger partial charge in [-0.1, -0.05) is 0 Å². The summed E-state index contributed by atoms with van der Waals surface area (Å²) in [6, 6.07) is 0. The van der Waals surface area contributed by atoms with Crippen LogP contribution in [0.1, 0.15) is 51.8 Å². The molecule has 2 heterocycles. The minimum Gasteiger partial charge on any atom is -0.469 e. The van der Waals surface area contributed by atoms with E-state index in [1.807, 2.05) is 20.8 Å². The highest BCUT2D eigenvalue weighted by Gasteiger charge is 2.32. The van der Waals surface area contributed by atoms with Gasteiger partial charge < -0.3 is 19.1 Å². The van der Waals surface area contributed by atoms with Gasteiger partial charge in [-0.15, -0.1) is 11.3 Å². The van der Waals surface area contributed by atoms with Gasteiger partial charge in [0, 0.05) is 17.6 Å². The van der Waals surface area contributed by atoms with E-state index in [1.54, 1.807) is 24.5 Å². The van der Waals surface area contributed by atoms with Crippen LogP contribution in [0.3, 0.4) is 0 Å². The fraction of sp³-hybridized carbons (Fsp3) is 0.722. The number of anilines is 1. The van der Waals surface area contributed by atoms with E-state index in [0.717, 1.165) is 29.4 Å². The van der Waals surface area contributed by atoms with Gasteiger partial charge in [-0.25, -0.2) is 9.78 Å². The zero-order chi connectivity index (χ0) is 19.3.